The number of thiophene rings is 1. The molecule has 1 aliphatic heterocycles. The minimum absolute atomic E-state index is 0.134. The molecule has 152 valence electrons. The van der Waals surface area contributed by atoms with Crippen molar-refractivity contribution in [2.45, 2.75) is 44.4 Å². The van der Waals surface area contributed by atoms with Gasteiger partial charge in [0.05, 0.1) is 23.6 Å². The van der Waals surface area contributed by atoms with Crippen LogP contribution >= 0.6 is 11.3 Å². The van der Waals surface area contributed by atoms with Gasteiger partial charge in [-0.3, -0.25) is 4.79 Å². The standard InChI is InChI=1S/C20H26N2O4S2/c1-14-9-10-27-19(14)13-21(4)20(23)17-5-7-18(8-6-17)28(24,25)22-11-15(2)26-16(3)12-22/h5-10,15-16H,11-13H2,1-4H3/t15-,16-/m0/s1. The summed E-state index contributed by atoms with van der Waals surface area (Å²) in [5.74, 6) is -0.134. The van der Waals surface area contributed by atoms with E-state index >= 15 is 0 Å². The highest BCUT2D eigenvalue weighted by molar-refractivity contribution is 7.89. The van der Waals surface area contributed by atoms with E-state index in [1.165, 1.54) is 22.0 Å². The number of carbonyl (C=O) groups is 1. The van der Waals surface area contributed by atoms with Crippen molar-refractivity contribution in [3.8, 4) is 0 Å². The van der Waals surface area contributed by atoms with E-state index in [2.05, 4.69) is 0 Å². The lowest BCUT2D eigenvalue weighted by molar-refractivity contribution is -0.0440. The maximum absolute atomic E-state index is 12.9. The Hall–Kier alpha value is -1.74. The maximum atomic E-state index is 12.9. The Balaban J connectivity index is 1.73. The highest BCUT2D eigenvalue weighted by atomic mass is 32.2. The van der Waals surface area contributed by atoms with Crippen LogP contribution in [0.2, 0.25) is 0 Å². The summed E-state index contributed by atoms with van der Waals surface area (Å²) in [5.41, 5.74) is 1.64. The Labute approximate surface area is 170 Å². The van der Waals surface area contributed by atoms with E-state index in [9.17, 15) is 13.2 Å². The van der Waals surface area contributed by atoms with Gasteiger partial charge in [0, 0.05) is 30.6 Å². The van der Waals surface area contributed by atoms with Crippen molar-refractivity contribution in [3.63, 3.8) is 0 Å². The van der Waals surface area contributed by atoms with Crippen molar-refractivity contribution >= 4 is 27.3 Å². The zero-order chi connectivity index (χ0) is 20.5. The second kappa shape index (κ2) is 8.32. The van der Waals surface area contributed by atoms with Gasteiger partial charge in [0.2, 0.25) is 10.0 Å². The molecule has 6 nitrogen and oxygen atoms in total. The van der Waals surface area contributed by atoms with Crippen LogP contribution in [0.4, 0.5) is 0 Å². The maximum Gasteiger partial charge on any atom is 0.253 e. The van der Waals surface area contributed by atoms with E-state index in [1.54, 1.807) is 35.4 Å². The average Bonchev–Trinajstić information content (AvgIpc) is 3.05. The van der Waals surface area contributed by atoms with Crippen molar-refractivity contribution in [1.29, 1.82) is 0 Å². The van der Waals surface area contributed by atoms with Crippen LogP contribution in [0.5, 0.6) is 0 Å². The van der Waals surface area contributed by atoms with Crippen molar-refractivity contribution < 1.29 is 17.9 Å². The molecular weight excluding hydrogens is 396 g/mol. The Bertz CT molecular complexity index is 927. The Morgan fingerprint density at radius 2 is 1.79 bits per heavy atom. The predicted molar refractivity (Wildman–Crippen MR) is 110 cm³/mol. The van der Waals surface area contributed by atoms with Crippen molar-refractivity contribution in [2.24, 2.45) is 0 Å². The molecule has 1 amide bonds. The normalized spacial score (nSPS) is 20.9. The molecule has 1 aromatic carbocycles. The molecule has 1 saturated heterocycles. The molecule has 1 aromatic heterocycles. The Morgan fingerprint density at radius 1 is 1.18 bits per heavy atom. The van der Waals surface area contributed by atoms with Crippen LogP contribution in [-0.2, 0) is 21.3 Å². The van der Waals surface area contributed by atoms with Gasteiger partial charge in [-0.2, -0.15) is 4.31 Å². The second-order valence-electron chi connectivity index (χ2n) is 7.29. The molecule has 0 aliphatic carbocycles. The van der Waals surface area contributed by atoms with Gasteiger partial charge >= 0.3 is 0 Å². The molecule has 2 heterocycles. The third-order valence-corrected chi connectivity index (χ3v) is 7.67. The van der Waals surface area contributed by atoms with E-state index in [-0.39, 0.29) is 23.0 Å². The minimum Gasteiger partial charge on any atom is -0.373 e. The summed E-state index contributed by atoms with van der Waals surface area (Å²) in [4.78, 5) is 15.7. The number of nitrogens with zero attached hydrogens (tertiary/aromatic N) is 2. The lowest BCUT2D eigenvalue weighted by atomic mass is 10.2. The van der Waals surface area contributed by atoms with Gasteiger partial charge in [-0.05, 0) is 62.0 Å². The molecule has 2 aromatic rings. The third kappa shape index (κ3) is 4.46. The highest BCUT2D eigenvalue weighted by Crippen LogP contribution is 2.22. The van der Waals surface area contributed by atoms with Gasteiger partial charge in [-0.1, -0.05) is 0 Å². The van der Waals surface area contributed by atoms with Gasteiger partial charge in [0.1, 0.15) is 0 Å². The number of ether oxygens (including phenoxy) is 1. The van der Waals surface area contributed by atoms with Gasteiger partial charge in [-0.25, -0.2) is 8.42 Å². The monoisotopic (exact) mass is 422 g/mol. The van der Waals surface area contributed by atoms with Crippen LogP contribution in [0.15, 0.2) is 40.6 Å². The van der Waals surface area contributed by atoms with E-state index in [1.807, 2.05) is 32.2 Å². The minimum atomic E-state index is -3.61. The van der Waals surface area contributed by atoms with Crippen molar-refractivity contribution in [3.05, 3.63) is 51.7 Å². The molecule has 3 rings (SSSR count). The fraction of sp³-hybridized carbons (Fsp3) is 0.450. The summed E-state index contributed by atoms with van der Waals surface area (Å²) in [5, 5.41) is 2.01. The van der Waals surface area contributed by atoms with E-state index in [0.29, 0.717) is 25.2 Å². The average molecular weight is 423 g/mol. The summed E-state index contributed by atoms with van der Waals surface area (Å²) >= 11 is 1.62. The molecule has 0 radical (unpaired) electrons. The number of aryl methyl sites for hydroxylation is 1. The van der Waals surface area contributed by atoms with E-state index in [4.69, 9.17) is 4.74 Å². The smallest absolute Gasteiger partial charge is 0.253 e. The van der Waals surface area contributed by atoms with Gasteiger partial charge in [0.15, 0.2) is 0 Å². The number of hydrogen-bond donors (Lipinski definition) is 0. The number of amides is 1. The van der Waals surface area contributed by atoms with Crippen LogP contribution in [-0.4, -0.2) is 55.9 Å². The van der Waals surface area contributed by atoms with Gasteiger partial charge in [0.25, 0.3) is 5.91 Å². The van der Waals surface area contributed by atoms with Gasteiger partial charge < -0.3 is 9.64 Å². The SMILES string of the molecule is Cc1ccsc1CN(C)C(=O)c1ccc(S(=O)(=O)N2C[C@H](C)O[C@@H](C)C2)cc1. The molecule has 0 N–H and O–H groups in total. The van der Waals surface area contributed by atoms with Crippen molar-refractivity contribution in [2.75, 3.05) is 20.1 Å². The fourth-order valence-corrected chi connectivity index (χ4v) is 5.87. The van der Waals surface area contributed by atoms with Crippen LogP contribution in [0.1, 0.15) is 34.6 Å². The molecule has 28 heavy (non-hydrogen) atoms. The zero-order valence-corrected chi connectivity index (χ0v) is 18.2. The highest BCUT2D eigenvalue weighted by Gasteiger charge is 2.32. The first kappa shape index (κ1) is 21.0. The summed E-state index contributed by atoms with van der Waals surface area (Å²) < 4.78 is 32.9. The van der Waals surface area contributed by atoms with Crippen LogP contribution < -0.4 is 0 Å². The fourth-order valence-electron chi connectivity index (χ4n) is 3.32. The summed E-state index contributed by atoms with van der Waals surface area (Å²) in [6.07, 6.45) is -0.289. The molecule has 8 heteroatoms. The molecular formula is C20H26N2O4S2. The first-order valence-electron chi connectivity index (χ1n) is 9.22. The lowest BCUT2D eigenvalue weighted by Crippen LogP contribution is -2.48. The largest absolute Gasteiger partial charge is 0.373 e. The molecule has 2 atom stereocenters. The molecule has 0 unspecified atom stereocenters. The first-order valence-corrected chi connectivity index (χ1v) is 11.5. The molecule has 0 saturated carbocycles. The second-order valence-corrected chi connectivity index (χ2v) is 10.2. The Morgan fingerprint density at radius 3 is 2.32 bits per heavy atom. The Kier molecular flexibility index (Phi) is 6.24. The number of carbonyl (C=O) groups excluding carboxylic acids is 1. The summed E-state index contributed by atoms with van der Waals surface area (Å²) in [6, 6.07) is 8.22. The lowest BCUT2D eigenvalue weighted by Gasteiger charge is -2.34. The topological polar surface area (TPSA) is 66.9 Å². The molecule has 0 spiro atoms. The number of rotatable bonds is 5. The summed E-state index contributed by atoms with van der Waals surface area (Å²) in [7, 11) is -1.85. The predicted octanol–water partition coefficient (Wildman–Crippen LogP) is 3.13. The number of morpholine rings is 1. The van der Waals surface area contributed by atoms with E-state index < -0.39 is 10.0 Å². The molecule has 0 bridgehead atoms. The quantitative estimate of drug-likeness (QED) is 0.743. The number of sulfonamides is 1. The molecule has 1 fully saturated rings. The van der Waals surface area contributed by atoms with Crippen LogP contribution in [0.25, 0.3) is 0 Å². The summed E-state index contributed by atoms with van der Waals surface area (Å²) in [6.45, 7) is 6.95. The van der Waals surface area contributed by atoms with Crippen molar-refractivity contribution in [1.82, 2.24) is 9.21 Å². The first-order chi connectivity index (χ1) is 13.2. The zero-order valence-electron chi connectivity index (χ0n) is 16.6. The number of benzene rings is 1. The van der Waals surface area contributed by atoms with E-state index in [0.717, 1.165) is 4.88 Å². The van der Waals surface area contributed by atoms with Gasteiger partial charge in [-0.15, -0.1) is 11.3 Å². The van der Waals surface area contributed by atoms with Crippen LogP contribution in [0.3, 0.4) is 0 Å². The third-order valence-electron chi connectivity index (χ3n) is 4.82. The number of hydrogen-bond acceptors (Lipinski definition) is 5. The molecule has 1 aliphatic rings. The van der Waals surface area contributed by atoms with Crippen LogP contribution in [0, 0.1) is 6.92 Å².